The van der Waals surface area contributed by atoms with Gasteiger partial charge in [0.15, 0.2) is 0 Å². The number of hydrogen-bond donors (Lipinski definition) is 2. The Balaban J connectivity index is 2.19. The highest BCUT2D eigenvalue weighted by molar-refractivity contribution is 5.10. The first-order valence-corrected chi connectivity index (χ1v) is 4.28. The number of hydrogen-bond acceptors (Lipinski definition) is 3. The van der Waals surface area contributed by atoms with Crippen molar-refractivity contribution in [2.24, 2.45) is 0 Å². The molecule has 0 aliphatic carbocycles. The lowest BCUT2D eigenvalue weighted by Gasteiger charge is -2.30. The second-order valence-corrected chi connectivity index (χ2v) is 3.26. The molecule has 2 N–H and O–H groups in total. The summed E-state index contributed by atoms with van der Waals surface area (Å²) < 4.78 is 5.20. The molecule has 1 fully saturated rings. The SMILES string of the molecule is OC1(c2ccco2)CCNCC1. The molecule has 2 rings (SSSR count). The molecule has 2 heterocycles. The van der Waals surface area contributed by atoms with Crippen LogP contribution in [0.1, 0.15) is 18.6 Å². The maximum atomic E-state index is 10.1. The largest absolute Gasteiger partial charge is 0.466 e. The first-order chi connectivity index (χ1) is 5.81. The maximum Gasteiger partial charge on any atom is 0.135 e. The highest BCUT2D eigenvalue weighted by atomic mass is 16.4. The average Bonchev–Trinajstić information content (AvgIpc) is 2.58. The Morgan fingerprint density at radius 3 is 2.75 bits per heavy atom. The van der Waals surface area contributed by atoms with Crippen molar-refractivity contribution in [1.29, 1.82) is 0 Å². The molecule has 1 saturated heterocycles. The predicted molar refractivity (Wildman–Crippen MR) is 44.7 cm³/mol. The topological polar surface area (TPSA) is 45.4 Å². The van der Waals surface area contributed by atoms with Crippen LogP contribution in [0, 0.1) is 0 Å². The second kappa shape index (κ2) is 2.92. The molecule has 0 unspecified atom stereocenters. The molecule has 66 valence electrons. The number of piperidine rings is 1. The summed E-state index contributed by atoms with van der Waals surface area (Å²) in [6.45, 7) is 1.72. The predicted octanol–water partition coefficient (Wildman–Crippen LogP) is 0.851. The molecule has 0 spiro atoms. The minimum absolute atomic E-state index is 0.698. The van der Waals surface area contributed by atoms with Gasteiger partial charge in [-0.1, -0.05) is 0 Å². The van der Waals surface area contributed by atoms with E-state index in [0.717, 1.165) is 25.9 Å². The van der Waals surface area contributed by atoms with Gasteiger partial charge in [0.05, 0.1) is 6.26 Å². The van der Waals surface area contributed by atoms with Gasteiger partial charge >= 0.3 is 0 Å². The molecule has 1 aromatic rings. The Labute approximate surface area is 71.4 Å². The van der Waals surface area contributed by atoms with E-state index in [0.29, 0.717) is 5.76 Å². The highest BCUT2D eigenvalue weighted by Crippen LogP contribution is 2.30. The number of aliphatic hydroxyl groups is 1. The normalized spacial score (nSPS) is 22.4. The summed E-state index contributed by atoms with van der Waals surface area (Å²) in [6.07, 6.45) is 3.08. The standard InChI is InChI=1S/C9H13NO2/c11-9(3-5-10-6-4-9)8-2-1-7-12-8/h1-2,7,10-11H,3-6H2. The third-order valence-corrected chi connectivity index (χ3v) is 2.41. The molecule has 0 bridgehead atoms. The summed E-state index contributed by atoms with van der Waals surface area (Å²) in [5, 5.41) is 13.3. The van der Waals surface area contributed by atoms with E-state index in [-0.39, 0.29) is 0 Å². The fourth-order valence-corrected chi connectivity index (χ4v) is 1.63. The summed E-state index contributed by atoms with van der Waals surface area (Å²) in [5.74, 6) is 0.698. The van der Waals surface area contributed by atoms with Gasteiger partial charge in [0, 0.05) is 0 Å². The number of rotatable bonds is 1. The summed E-state index contributed by atoms with van der Waals surface area (Å²) >= 11 is 0. The van der Waals surface area contributed by atoms with Gasteiger partial charge in [0.2, 0.25) is 0 Å². The van der Waals surface area contributed by atoms with E-state index in [1.807, 2.05) is 12.1 Å². The van der Waals surface area contributed by atoms with Gasteiger partial charge in [-0.05, 0) is 38.1 Å². The third kappa shape index (κ3) is 1.26. The van der Waals surface area contributed by atoms with Crippen molar-refractivity contribution in [3.63, 3.8) is 0 Å². The first kappa shape index (κ1) is 7.83. The van der Waals surface area contributed by atoms with Crippen LogP contribution in [0.4, 0.5) is 0 Å². The van der Waals surface area contributed by atoms with Gasteiger partial charge in [0.25, 0.3) is 0 Å². The molecule has 1 aliphatic heterocycles. The minimum Gasteiger partial charge on any atom is -0.466 e. The van der Waals surface area contributed by atoms with Crippen LogP contribution in [0.15, 0.2) is 22.8 Å². The van der Waals surface area contributed by atoms with E-state index in [1.165, 1.54) is 0 Å². The first-order valence-electron chi connectivity index (χ1n) is 4.28. The van der Waals surface area contributed by atoms with Gasteiger partial charge in [-0.25, -0.2) is 0 Å². The second-order valence-electron chi connectivity index (χ2n) is 3.26. The Morgan fingerprint density at radius 2 is 2.17 bits per heavy atom. The summed E-state index contributed by atoms with van der Waals surface area (Å²) in [7, 11) is 0. The lowest BCUT2D eigenvalue weighted by molar-refractivity contribution is -0.0137. The third-order valence-electron chi connectivity index (χ3n) is 2.41. The van der Waals surface area contributed by atoms with Gasteiger partial charge in [-0.2, -0.15) is 0 Å². The molecule has 1 aliphatic rings. The van der Waals surface area contributed by atoms with Crippen LogP contribution in [0.25, 0.3) is 0 Å². The molecule has 3 nitrogen and oxygen atoms in total. The quantitative estimate of drug-likeness (QED) is 0.651. The lowest BCUT2D eigenvalue weighted by Crippen LogP contribution is -2.39. The lowest BCUT2D eigenvalue weighted by atomic mass is 9.90. The Bertz CT molecular complexity index is 237. The van der Waals surface area contributed by atoms with E-state index < -0.39 is 5.60 Å². The monoisotopic (exact) mass is 167 g/mol. The molecule has 0 aromatic carbocycles. The van der Waals surface area contributed by atoms with Crippen LogP contribution < -0.4 is 5.32 Å². The molecule has 0 atom stereocenters. The van der Waals surface area contributed by atoms with E-state index in [1.54, 1.807) is 6.26 Å². The fraction of sp³-hybridized carbons (Fsp3) is 0.556. The summed E-state index contributed by atoms with van der Waals surface area (Å²) in [4.78, 5) is 0. The van der Waals surface area contributed by atoms with Crippen molar-refractivity contribution in [3.05, 3.63) is 24.2 Å². The highest BCUT2D eigenvalue weighted by Gasteiger charge is 2.33. The average molecular weight is 167 g/mol. The van der Waals surface area contributed by atoms with E-state index in [4.69, 9.17) is 4.42 Å². The van der Waals surface area contributed by atoms with Crippen LogP contribution in [0.2, 0.25) is 0 Å². The van der Waals surface area contributed by atoms with E-state index in [9.17, 15) is 5.11 Å². The summed E-state index contributed by atoms with van der Waals surface area (Å²) in [6, 6.07) is 3.65. The molecular weight excluding hydrogens is 154 g/mol. The number of nitrogens with one attached hydrogen (secondary N) is 1. The van der Waals surface area contributed by atoms with Crippen molar-refractivity contribution in [3.8, 4) is 0 Å². The van der Waals surface area contributed by atoms with E-state index in [2.05, 4.69) is 5.32 Å². The van der Waals surface area contributed by atoms with Crippen molar-refractivity contribution >= 4 is 0 Å². The zero-order valence-electron chi connectivity index (χ0n) is 6.92. The van der Waals surface area contributed by atoms with Crippen LogP contribution in [-0.2, 0) is 5.60 Å². The fourth-order valence-electron chi connectivity index (χ4n) is 1.63. The van der Waals surface area contributed by atoms with Crippen molar-refractivity contribution in [1.82, 2.24) is 5.32 Å². The van der Waals surface area contributed by atoms with Gasteiger partial charge in [-0.15, -0.1) is 0 Å². The summed E-state index contributed by atoms with van der Waals surface area (Å²) in [5.41, 5.74) is -0.727. The number of furan rings is 1. The minimum atomic E-state index is -0.727. The molecule has 3 heteroatoms. The van der Waals surface area contributed by atoms with Crippen molar-refractivity contribution < 1.29 is 9.52 Å². The Hall–Kier alpha value is -0.800. The molecule has 0 radical (unpaired) electrons. The van der Waals surface area contributed by atoms with Gasteiger partial charge in [0.1, 0.15) is 11.4 Å². The Kier molecular flexibility index (Phi) is 1.90. The molecule has 0 amide bonds. The van der Waals surface area contributed by atoms with Crippen LogP contribution in [0.5, 0.6) is 0 Å². The van der Waals surface area contributed by atoms with Crippen molar-refractivity contribution in [2.45, 2.75) is 18.4 Å². The van der Waals surface area contributed by atoms with Gasteiger partial charge in [-0.3, -0.25) is 0 Å². The molecule has 0 saturated carbocycles. The zero-order chi connectivity index (χ0) is 8.44. The molecular formula is C9H13NO2. The smallest absolute Gasteiger partial charge is 0.135 e. The maximum absolute atomic E-state index is 10.1. The van der Waals surface area contributed by atoms with Crippen LogP contribution >= 0.6 is 0 Å². The Morgan fingerprint density at radius 1 is 1.42 bits per heavy atom. The zero-order valence-corrected chi connectivity index (χ0v) is 6.92. The molecule has 12 heavy (non-hydrogen) atoms. The molecule has 1 aromatic heterocycles. The van der Waals surface area contributed by atoms with Gasteiger partial charge < -0.3 is 14.8 Å². The van der Waals surface area contributed by atoms with E-state index >= 15 is 0 Å². The van der Waals surface area contributed by atoms with Crippen LogP contribution in [0.3, 0.4) is 0 Å². The van der Waals surface area contributed by atoms with Crippen molar-refractivity contribution in [2.75, 3.05) is 13.1 Å². The van der Waals surface area contributed by atoms with Crippen LogP contribution in [-0.4, -0.2) is 18.2 Å².